The van der Waals surface area contributed by atoms with Crippen LogP contribution in [0, 0.1) is 11.8 Å². The molecule has 6 aliphatic rings. The molecule has 1 spiro atoms. The third kappa shape index (κ3) is 5.96. The molecule has 5 heterocycles. The van der Waals surface area contributed by atoms with E-state index in [1.165, 1.54) is 19.2 Å². The predicted molar refractivity (Wildman–Crippen MR) is 178 cm³/mol. The van der Waals surface area contributed by atoms with E-state index >= 15 is 4.39 Å². The number of benzene rings is 2. The van der Waals surface area contributed by atoms with Crippen molar-refractivity contribution in [3.05, 3.63) is 59.2 Å². The van der Waals surface area contributed by atoms with Crippen molar-refractivity contribution in [2.24, 2.45) is 11.8 Å². The van der Waals surface area contributed by atoms with Gasteiger partial charge in [-0.1, -0.05) is 18.2 Å². The Balaban J connectivity index is 1.10. The van der Waals surface area contributed by atoms with E-state index in [-0.39, 0.29) is 49.5 Å². The number of amides is 1. The fraction of sp³-hybridized carbons (Fsp3) is 0.632. The molecular weight excluding hydrogens is 670 g/mol. The number of carbonyl (C=O) groups is 2. The zero-order valence-electron chi connectivity index (χ0n) is 29.0. The molecule has 1 aliphatic carbocycles. The number of likely N-dealkylation sites (tertiary alicyclic amines) is 2. The van der Waals surface area contributed by atoms with Crippen molar-refractivity contribution in [3.8, 4) is 5.75 Å². The third-order valence-electron chi connectivity index (χ3n) is 12.7. The third-order valence-corrected chi connectivity index (χ3v) is 12.7. The van der Waals surface area contributed by atoms with Gasteiger partial charge in [-0.2, -0.15) is 13.2 Å². The zero-order chi connectivity index (χ0) is 35.7. The monoisotopic (exact) mass is 715 g/mol. The fourth-order valence-electron chi connectivity index (χ4n) is 10.1. The summed E-state index contributed by atoms with van der Waals surface area (Å²) in [7, 11) is 2.91. The van der Waals surface area contributed by atoms with E-state index < -0.39 is 40.9 Å². The van der Waals surface area contributed by atoms with Gasteiger partial charge in [-0.3, -0.25) is 14.5 Å². The first-order valence-corrected chi connectivity index (χ1v) is 18.1. The number of piperidine rings is 1. The lowest BCUT2D eigenvalue weighted by molar-refractivity contribution is -0.183. The van der Waals surface area contributed by atoms with Crippen LogP contribution in [0.25, 0.3) is 0 Å². The first kappa shape index (κ1) is 34.7. The Hall–Kier alpha value is -3.42. The fourth-order valence-corrected chi connectivity index (χ4v) is 10.1. The molecule has 9 nitrogen and oxygen atoms in total. The number of esters is 1. The standard InChI is InChI=1S/C38H45F4N3O6/c1-48-27-6-3-23(4-7-27)31-21-44(26-9-12-36(13-10-26)50-15-16-51-36)22-37(31,39)35(47)43-19-29-28-8-5-25(38(40,41)42)18-33(28)45-14-11-24(34(46)49-2)17-32(45)30(29)20-43/h3-8,18,24,26,29-32H,9-17,19-22H2,1-2H3/t24?,29-,30+,31+,32?,37+/m1/s1. The van der Waals surface area contributed by atoms with Crippen LogP contribution in [0.4, 0.5) is 23.2 Å². The Bertz CT molecular complexity index is 1640. The molecule has 276 valence electrons. The minimum Gasteiger partial charge on any atom is -0.497 e. The minimum atomic E-state index is -4.52. The van der Waals surface area contributed by atoms with Crippen molar-refractivity contribution in [1.82, 2.24) is 9.80 Å². The topological polar surface area (TPSA) is 80.8 Å². The largest absolute Gasteiger partial charge is 0.497 e. The maximum atomic E-state index is 18.0. The number of anilines is 1. The van der Waals surface area contributed by atoms with Crippen LogP contribution in [-0.2, 0) is 30.0 Å². The summed E-state index contributed by atoms with van der Waals surface area (Å²) in [6.07, 6.45) is -0.720. The van der Waals surface area contributed by atoms with Gasteiger partial charge in [0.05, 0.1) is 38.9 Å². The van der Waals surface area contributed by atoms with Crippen molar-refractivity contribution < 1.29 is 46.1 Å². The van der Waals surface area contributed by atoms with E-state index in [9.17, 15) is 22.8 Å². The van der Waals surface area contributed by atoms with E-state index in [1.54, 1.807) is 24.1 Å². The highest BCUT2D eigenvalue weighted by molar-refractivity contribution is 5.88. The number of fused-ring (bicyclic) bond motifs is 6. The molecule has 6 atom stereocenters. The number of nitrogens with zero attached hydrogens (tertiary/aromatic N) is 3. The van der Waals surface area contributed by atoms with Crippen LogP contribution in [0.2, 0.25) is 0 Å². The van der Waals surface area contributed by atoms with Crippen LogP contribution in [0.15, 0.2) is 42.5 Å². The molecule has 4 saturated heterocycles. The molecule has 13 heteroatoms. The summed E-state index contributed by atoms with van der Waals surface area (Å²) in [6.45, 7) is 2.29. The highest BCUT2D eigenvalue weighted by atomic mass is 19.4. The summed E-state index contributed by atoms with van der Waals surface area (Å²) in [5, 5.41) is 0. The summed E-state index contributed by atoms with van der Waals surface area (Å²) in [5.41, 5.74) is -1.05. The molecule has 51 heavy (non-hydrogen) atoms. The van der Waals surface area contributed by atoms with Crippen molar-refractivity contribution in [3.63, 3.8) is 0 Å². The first-order valence-electron chi connectivity index (χ1n) is 18.1. The maximum Gasteiger partial charge on any atom is 0.416 e. The van der Waals surface area contributed by atoms with Crippen molar-refractivity contribution in [2.75, 3.05) is 65.1 Å². The molecule has 1 amide bonds. The summed E-state index contributed by atoms with van der Waals surface area (Å²) in [4.78, 5) is 33.1. The molecule has 0 N–H and O–H groups in total. The molecule has 5 aliphatic heterocycles. The molecule has 1 saturated carbocycles. The Morgan fingerprint density at radius 3 is 2.33 bits per heavy atom. The van der Waals surface area contributed by atoms with Crippen molar-refractivity contribution in [1.29, 1.82) is 0 Å². The first-order chi connectivity index (χ1) is 24.4. The van der Waals surface area contributed by atoms with Crippen LogP contribution < -0.4 is 9.64 Å². The Morgan fingerprint density at radius 2 is 1.67 bits per heavy atom. The smallest absolute Gasteiger partial charge is 0.416 e. The maximum absolute atomic E-state index is 18.0. The Labute approximate surface area is 295 Å². The number of rotatable bonds is 5. The Kier molecular flexibility index (Phi) is 8.77. The van der Waals surface area contributed by atoms with Gasteiger partial charge in [-0.15, -0.1) is 0 Å². The van der Waals surface area contributed by atoms with Crippen LogP contribution in [0.1, 0.15) is 67.1 Å². The number of ether oxygens (including phenoxy) is 4. The molecule has 5 fully saturated rings. The van der Waals surface area contributed by atoms with Gasteiger partial charge in [-0.25, -0.2) is 4.39 Å². The van der Waals surface area contributed by atoms with Gasteiger partial charge in [0.1, 0.15) is 5.75 Å². The number of carbonyl (C=O) groups excluding carboxylic acids is 2. The van der Waals surface area contributed by atoms with Gasteiger partial charge in [0, 0.05) is 81.1 Å². The zero-order valence-corrected chi connectivity index (χ0v) is 29.0. The number of halogens is 4. The van der Waals surface area contributed by atoms with Crippen molar-refractivity contribution in [2.45, 2.75) is 80.1 Å². The number of methoxy groups -OCH3 is 2. The van der Waals surface area contributed by atoms with Crippen LogP contribution in [0.5, 0.6) is 5.75 Å². The van der Waals surface area contributed by atoms with E-state index in [0.29, 0.717) is 69.0 Å². The molecule has 2 unspecified atom stereocenters. The highest BCUT2D eigenvalue weighted by Gasteiger charge is 2.59. The number of hydrogen-bond acceptors (Lipinski definition) is 8. The second-order valence-electron chi connectivity index (χ2n) is 15.2. The quantitative estimate of drug-likeness (QED) is 0.296. The average Bonchev–Trinajstić information content (AvgIpc) is 3.89. The molecule has 0 bridgehead atoms. The van der Waals surface area contributed by atoms with E-state index in [2.05, 4.69) is 4.90 Å². The molecule has 0 aromatic heterocycles. The van der Waals surface area contributed by atoms with E-state index in [1.807, 2.05) is 17.0 Å². The van der Waals surface area contributed by atoms with Gasteiger partial charge < -0.3 is 28.7 Å². The van der Waals surface area contributed by atoms with Gasteiger partial charge >= 0.3 is 12.1 Å². The SMILES string of the molecule is COC(=O)C1CCN2c3cc(C(F)(F)F)ccc3[C@H]3CN(C(=O)[C@]4(F)CN(C5CCC6(CC5)OCCO6)C[C@H]4c4ccc(OC)cc4)C[C@@H]3C2C1. The number of hydrogen-bond donors (Lipinski definition) is 0. The predicted octanol–water partition coefficient (Wildman–Crippen LogP) is 5.52. The van der Waals surface area contributed by atoms with Crippen LogP contribution >= 0.6 is 0 Å². The lowest BCUT2D eigenvalue weighted by Gasteiger charge is -2.49. The van der Waals surface area contributed by atoms with Gasteiger partial charge in [0.15, 0.2) is 5.79 Å². The van der Waals surface area contributed by atoms with E-state index in [4.69, 9.17) is 18.9 Å². The second kappa shape index (κ2) is 12.9. The molecule has 0 radical (unpaired) electrons. The second-order valence-corrected chi connectivity index (χ2v) is 15.2. The summed E-state index contributed by atoms with van der Waals surface area (Å²) >= 11 is 0. The van der Waals surface area contributed by atoms with Crippen LogP contribution in [-0.4, -0.2) is 105 Å². The molecular formula is C38H45F4N3O6. The summed E-state index contributed by atoms with van der Waals surface area (Å²) < 4.78 is 82.0. The average molecular weight is 716 g/mol. The molecule has 2 aromatic carbocycles. The van der Waals surface area contributed by atoms with Gasteiger partial charge in [-0.05, 0) is 61.1 Å². The highest BCUT2D eigenvalue weighted by Crippen LogP contribution is 2.52. The summed E-state index contributed by atoms with van der Waals surface area (Å²) in [6, 6.07) is 10.8. The van der Waals surface area contributed by atoms with Gasteiger partial charge in [0.2, 0.25) is 5.67 Å². The normalized spacial score (nSPS) is 32.1. The lowest BCUT2D eigenvalue weighted by atomic mass is 9.73. The lowest BCUT2D eigenvalue weighted by Crippen LogP contribution is -2.53. The summed E-state index contributed by atoms with van der Waals surface area (Å²) in [5.74, 6) is -2.48. The van der Waals surface area contributed by atoms with E-state index in [0.717, 1.165) is 24.5 Å². The molecule has 8 rings (SSSR count). The minimum absolute atomic E-state index is 0.0563. The number of alkyl halides is 4. The molecule has 2 aromatic rings. The van der Waals surface area contributed by atoms with Gasteiger partial charge in [0.25, 0.3) is 5.91 Å². The van der Waals surface area contributed by atoms with Crippen LogP contribution in [0.3, 0.4) is 0 Å². The Morgan fingerprint density at radius 1 is 0.941 bits per heavy atom. The van der Waals surface area contributed by atoms with Crippen molar-refractivity contribution >= 4 is 17.6 Å².